The topological polar surface area (TPSA) is 90.1 Å². The van der Waals surface area contributed by atoms with Crippen molar-refractivity contribution >= 4 is 10.9 Å². The van der Waals surface area contributed by atoms with Gasteiger partial charge in [0.15, 0.2) is 6.04 Å². The quantitative estimate of drug-likeness (QED) is 0.671. The van der Waals surface area contributed by atoms with Crippen molar-refractivity contribution in [1.29, 1.82) is 0 Å². The highest BCUT2D eigenvalue weighted by Gasteiger charge is 2.37. The molecule has 2 fully saturated rings. The maximum atomic E-state index is 13.2. The van der Waals surface area contributed by atoms with Crippen LogP contribution in [0.3, 0.4) is 0 Å². The Morgan fingerprint density at radius 1 is 1.13 bits per heavy atom. The molecule has 5 rings (SSSR count). The van der Waals surface area contributed by atoms with Gasteiger partial charge in [-0.25, -0.2) is 4.68 Å². The van der Waals surface area contributed by atoms with Crippen LogP contribution in [0, 0.1) is 0 Å². The molecule has 0 radical (unpaired) electrons. The molecule has 1 aromatic carbocycles. The first-order valence-electron chi connectivity index (χ1n) is 11.1. The summed E-state index contributed by atoms with van der Waals surface area (Å²) in [5, 5.41) is 13.9. The molecule has 8 nitrogen and oxygen atoms in total. The monoisotopic (exact) mass is 409 g/mol. The molecule has 30 heavy (non-hydrogen) atoms. The van der Waals surface area contributed by atoms with Crippen LogP contribution in [0.25, 0.3) is 10.9 Å². The number of rotatable bonds is 5. The van der Waals surface area contributed by atoms with Crippen LogP contribution in [0.15, 0.2) is 29.1 Å². The number of quaternary nitrogens is 1. The highest BCUT2D eigenvalue weighted by atomic mass is 16.5. The summed E-state index contributed by atoms with van der Waals surface area (Å²) in [6.07, 6.45) is 8.23. The summed E-state index contributed by atoms with van der Waals surface area (Å²) in [7, 11) is 1.66. The Bertz CT molecular complexity index is 1080. The molecular formula is C22H29N6O2+. The highest BCUT2D eigenvalue weighted by Crippen LogP contribution is 2.30. The van der Waals surface area contributed by atoms with E-state index >= 15 is 0 Å². The molecule has 8 heteroatoms. The van der Waals surface area contributed by atoms with E-state index in [1.54, 1.807) is 7.11 Å². The third kappa shape index (κ3) is 3.49. The van der Waals surface area contributed by atoms with E-state index in [1.807, 2.05) is 28.9 Å². The van der Waals surface area contributed by atoms with Gasteiger partial charge < -0.3 is 14.6 Å². The third-order valence-corrected chi connectivity index (χ3v) is 6.74. The molecule has 2 aromatic heterocycles. The number of methoxy groups -OCH3 is 1. The maximum Gasteiger partial charge on any atom is 0.258 e. The Morgan fingerprint density at radius 2 is 1.93 bits per heavy atom. The van der Waals surface area contributed by atoms with E-state index in [0.717, 1.165) is 66.8 Å². The van der Waals surface area contributed by atoms with E-state index in [1.165, 1.54) is 24.2 Å². The van der Waals surface area contributed by atoms with E-state index in [4.69, 9.17) is 4.74 Å². The van der Waals surface area contributed by atoms with Crippen molar-refractivity contribution in [3.8, 4) is 5.75 Å². The summed E-state index contributed by atoms with van der Waals surface area (Å²) in [5.74, 6) is 1.60. The third-order valence-electron chi connectivity index (χ3n) is 6.74. The molecule has 0 spiro atoms. The van der Waals surface area contributed by atoms with Gasteiger partial charge in [0, 0.05) is 23.7 Å². The zero-order valence-electron chi connectivity index (χ0n) is 17.4. The SMILES string of the molecule is COc1ccc2[nH]c(=O)c([C@H](c3nnnn3C3CCCCC3)[NH+]3CCCC3)cc2c1. The van der Waals surface area contributed by atoms with Crippen molar-refractivity contribution < 1.29 is 9.64 Å². The van der Waals surface area contributed by atoms with E-state index < -0.39 is 0 Å². The largest absolute Gasteiger partial charge is 0.497 e. The summed E-state index contributed by atoms with van der Waals surface area (Å²) >= 11 is 0. The van der Waals surface area contributed by atoms with Gasteiger partial charge in [0.25, 0.3) is 5.56 Å². The lowest BCUT2D eigenvalue weighted by atomic mass is 9.95. The number of hydrogen-bond donors (Lipinski definition) is 2. The molecule has 3 heterocycles. The van der Waals surface area contributed by atoms with Crippen LogP contribution in [0.4, 0.5) is 0 Å². The smallest absolute Gasteiger partial charge is 0.258 e. The van der Waals surface area contributed by atoms with Crippen molar-refractivity contribution in [2.24, 2.45) is 0 Å². The van der Waals surface area contributed by atoms with Gasteiger partial charge in [0.1, 0.15) is 5.75 Å². The molecule has 0 bridgehead atoms. The van der Waals surface area contributed by atoms with Crippen molar-refractivity contribution in [1.82, 2.24) is 25.2 Å². The molecule has 0 amide bonds. The van der Waals surface area contributed by atoms with E-state index in [0.29, 0.717) is 6.04 Å². The van der Waals surface area contributed by atoms with E-state index in [2.05, 4.69) is 20.5 Å². The molecule has 2 N–H and O–H groups in total. The molecule has 158 valence electrons. The first-order valence-corrected chi connectivity index (χ1v) is 11.1. The minimum atomic E-state index is -0.163. The number of nitrogens with zero attached hydrogens (tertiary/aromatic N) is 4. The van der Waals surface area contributed by atoms with Gasteiger partial charge in [0.2, 0.25) is 5.82 Å². The minimum Gasteiger partial charge on any atom is -0.497 e. The van der Waals surface area contributed by atoms with Crippen LogP contribution in [-0.4, -0.2) is 45.4 Å². The first-order chi connectivity index (χ1) is 14.7. The van der Waals surface area contributed by atoms with Gasteiger partial charge >= 0.3 is 0 Å². The molecule has 3 aromatic rings. The standard InChI is InChI=1S/C22H28N6O2/c1-30-17-9-10-19-15(13-17)14-18(22(29)23-19)20(27-11-5-6-12-27)21-24-25-26-28(21)16-7-3-2-4-8-16/h9-10,13-14,16,20H,2-8,11-12H2,1H3,(H,23,29)/p+1/t20-/m1/s1. The summed E-state index contributed by atoms with van der Waals surface area (Å²) in [5.41, 5.74) is 1.49. The molecule has 1 saturated heterocycles. The average Bonchev–Trinajstić information content (AvgIpc) is 3.48. The second kappa shape index (κ2) is 8.18. The summed E-state index contributed by atoms with van der Waals surface area (Å²) in [6.45, 7) is 2.05. The average molecular weight is 410 g/mol. The number of tetrazole rings is 1. The Morgan fingerprint density at radius 3 is 2.70 bits per heavy atom. The normalized spacial score (nSPS) is 19.4. The Hall–Kier alpha value is -2.74. The Kier molecular flexibility index (Phi) is 5.25. The minimum absolute atomic E-state index is 0.0599. The second-order valence-corrected chi connectivity index (χ2v) is 8.58. The van der Waals surface area contributed by atoms with Gasteiger partial charge in [-0.2, -0.15) is 0 Å². The Labute approximate surface area is 175 Å². The van der Waals surface area contributed by atoms with Crippen molar-refractivity contribution in [3.63, 3.8) is 0 Å². The van der Waals surface area contributed by atoms with Crippen LogP contribution in [0.1, 0.15) is 68.4 Å². The number of ether oxygens (including phenoxy) is 1. The van der Waals surface area contributed by atoms with Gasteiger partial charge in [-0.3, -0.25) is 4.79 Å². The lowest BCUT2D eigenvalue weighted by molar-refractivity contribution is -0.914. The number of likely N-dealkylation sites (tertiary alicyclic amines) is 1. The molecule has 1 atom stereocenters. The van der Waals surface area contributed by atoms with Crippen molar-refractivity contribution in [2.45, 2.75) is 57.0 Å². The summed E-state index contributed by atoms with van der Waals surface area (Å²) in [6, 6.07) is 7.90. The number of aromatic nitrogens is 5. The number of hydrogen-bond acceptors (Lipinski definition) is 5. The number of nitrogens with one attached hydrogen (secondary N) is 2. The van der Waals surface area contributed by atoms with Crippen LogP contribution < -0.4 is 15.2 Å². The number of pyridine rings is 1. The second-order valence-electron chi connectivity index (χ2n) is 8.58. The lowest BCUT2D eigenvalue weighted by Gasteiger charge is -2.27. The van der Waals surface area contributed by atoms with Gasteiger partial charge in [0.05, 0.1) is 31.8 Å². The zero-order chi connectivity index (χ0) is 20.5. The zero-order valence-corrected chi connectivity index (χ0v) is 17.4. The molecule has 1 saturated carbocycles. The van der Waals surface area contributed by atoms with Gasteiger partial charge in [-0.1, -0.05) is 19.3 Å². The fraction of sp³-hybridized carbons (Fsp3) is 0.545. The van der Waals surface area contributed by atoms with Crippen LogP contribution in [0.2, 0.25) is 0 Å². The van der Waals surface area contributed by atoms with Crippen molar-refractivity contribution in [3.05, 3.63) is 46.0 Å². The first kappa shape index (κ1) is 19.2. The predicted octanol–water partition coefficient (Wildman–Crippen LogP) is 1.80. The van der Waals surface area contributed by atoms with Gasteiger partial charge in [-0.15, -0.1) is 5.10 Å². The molecular weight excluding hydrogens is 380 g/mol. The summed E-state index contributed by atoms with van der Waals surface area (Å²) in [4.78, 5) is 17.6. The highest BCUT2D eigenvalue weighted by molar-refractivity contribution is 5.80. The van der Waals surface area contributed by atoms with Crippen LogP contribution >= 0.6 is 0 Å². The van der Waals surface area contributed by atoms with Crippen molar-refractivity contribution in [2.75, 3.05) is 20.2 Å². The maximum absolute atomic E-state index is 13.2. The molecule has 1 aliphatic carbocycles. The molecule has 0 unspecified atom stereocenters. The van der Waals surface area contributed by atoms with E-state index in [-0.39, 0.29) is 11.6 Å². The lowest BCUT2D eigenvalue weighted by Crippen LogP contribution is -3.10. The number of benzene rings is 1. The number of H-pyrrole nitrogens is 1. The molecule has 1 aliphatic heterocycles. The van der Waals surface area contributed by atoms with E-state index in [9.17, 15) is 4.79 Å². The van der Waals surface area contributed by atoms with Crippen LogP contribution in [0.5, 0.6) is 5.75 Å². The summed E-state index contributed by atoms with van der Waals surface area (Å²) < 4.78 is 7.41. The fourth-order valence-corrected chi connectivity index (χ4v) is 5.18. The predicted molar refractivity (Wildman–Crippen MR) is 113 cm³/mol. The molecule has 2 aliphatic rings. The fourth-order valence-electron chi connectivity index (χ4n) is 5.18. The van der Waals surface area contributed by atoms with Gasteiger partial charge in [-0.05, 0) is 47.5 Å². The number of aromatic amines is 1. The Balaban J connectivity index is 1.63. The van der Waals surface area contributed by atoms with Crippen LogP contribution in [-0.2, 0) is 0 Å². The number of fused-ring (bicyclic) bond motifs is 1.